The molecule has 0 spiro atoms. The average molecular weight is 599 g/mol. The molecule has 1 aliphatic heterocycles. The van der Waals surface area contributed by atoms with Crippen molar-refractivity contribution in [3.63, 3.8) is 0 Å². The Hall–Kier alpha value is -4.30. The fourth-order valence-electron chi connectivity index (χ4n) is 5.77. The van der Waals surface area contributed by atoms with E-state index in [2.05, 4.69) is 25.4 Å². The van der Waals surface area contributed by atoms with Crippen LogP contribution in [0.1, 0.15) is 66.0 Å². The smallest absolute Gasteiger partial charge is 0.350 e. The Bertz CT molecular complexity index is 1860. The van der Waals surface area contributed by atoms with Crippen molar-refractivity contribution in [2.75, 3.05) is 24.5 Å². The maximum absolute atomic E-state index is 14.3. The number of rotatable bonds is 7. The molecule has 3 aromatic heterocycles. The van der Waals surface area contributed by atoms with E-state index in [0.717, 1.165) is 11.3 Å². The fraction of sp³-hybridized carbons (Fsp3) is 0.324. The van der Waals surface area contributed by atoms with Gasteiger partial charge in [0.15, 0.2) is 5.65 Å². The minimum absolute atomic E-state index is 0.000913. The number of fused-ring (bicyclic) bond motifs is 1. The van der Waals surface area contributed by atoms with Gasteiger partial charge in [-0.2, -0.15) is 4.98 Å². The predicted molar refractivity (Wildman–Crippen MR) is 175 cm³/mol. The normalized spacial score (nSPS) is 16.0. The topological polar surface area (TPSA) is 84.2 Å². The van der Waals surface area contributed by atoms with Gasteiger partial charge in [0.25, 0.3) is 0 Å². The first kappa shape index (κ1) is 27.5. The number of carbonyl (C=O) groups is 1. The standard InChI is InChI=1S/C34H37ClN6O2/c1-8-23-12-10-11-13-25(23)30-27(35)18-26-32(40-17-16-39(19-22(40)7)28(42)9-2)38-34(43)41(33(26)37-30)31-24(20(3)4)14-15-36-29(31)21(5)6/h8-15,18,20-22H,1-2,16-17,19H2,3-7H3/t22-/m0/s1/i1D2. The van der Waals surface area contributed by atoms with Gasteiger partial charge in [-0.05, 0) is 48.1 Å². The quantitative estimate of drug-likeness (QED) is 0.223. The number of pyridine rings is 2. The van der Waals surface area contributed by atoms with Crippen LogP contribution in [0.3, 0.4) is 0 Å². The Morgan fingerprint density at radius 1 is 1.14 bits per heavy atom. The molecule has 0 aliphatic carbocycles. The van der Waals surface area contributed by atoms with Crippen LogP contribution >= 0.6 is 11.6 Å². The van der Waals surface area contributed by atoms with Crippen LogP contribution < -0.4 is 10.6 Å². The molecule has 1 aromatic carbocycles. The maximum Gasteiger partial charge on any atom is 0.355 e. The maximum atomic E-state index is 14.3. The van der Waals surface area contributed by atoms with Crippen LogP contribution in [-0.2, 0) is 4.79 Å². The lowest BCUT2D eigenvalue weighted by Crippen LogP contribution is -2.54. The second kappa shape index (κ2) is 12.1. The zero-order valence-electron chi connectivity index (χ0n) is 27.1. The number of hydrogen-bond acceptors (Lipinski definition) is 6. The van der Waals surface area contributed by atoms with Gasteiger partial charge in [0.2, 0.25) is 5.91 Å². The van der Waals surface area contributed by atoms with Gasteiger partial charge in [-0.25, -0.2) is 14.3 Å². The molecular formula is C34H37ClN6O2. The third kappa shape index (κ3) is 5.47. The third-order valence-electron chi connectivity index (χ3n) is 7.93. The first-order valence-corrected chi connectivity index (χ1v) is 14.8. The summed E-state index contributed by atoms with van der Waals surface area (Å²) in [4.78, 5) is 44.9. The molecule has 0 unspecified atom stereocenters. The van der Waals surface area contributed by atoms with Gasteiger partial charge in [0, 0.05) is 37.4 Å². The molecule has 1 aliphatic rings. The molecule has 4 heterocycles. The highest BCUT2D eigenvalue weighted by atomic mass is 35.5. The molecule has 0 radical (unpaired) electrons. The molecule has 1 atom stereocenters. The minimum atomic E-state index is -0.500. The van der Waals surface area contributed by atoms with Gasteiger partial charge in [0.05, 0.1) is 30.2 Å². The first-order valence-electron chi connectivity index (χ1n) is 15.5. The molecule has 5 rings (SSSR count). The zero-order valence-corrected chi connectivity index (χ0v) is 25.9. The van der Waals surface area contributed by atoms with E-state index in [1.807, 2.05) is 49.9 Å². The Labute approximate surface area is 260 Å². The van der Waals surface area contributed by atoms with E-state index in [1.165, 1.54) is 12.2 Å². The predicted octanol–water partition coefficient (Wildman–Crippen LogP) is 6.61. The molecule has 8 nitrogen and oxygen atoms in total. The van der Waals surface area contributed by atoms with E-state index in [4.69, 9.17) is 24.3 Å². The van der Waals surface area contributed by atoms with Gasteiger partial charge < -0.3 is 9.80 Å². The molecule has 222 valence electrons. The Balaban J connectivity index is 1.86. The molecule has 9 heteroatoms. The lowest BCUT2D eigenvalue weighted by Gasteiger charge is -2.40. The van der Waals surface area contributed by atoms with Crippen LogP contribution in [0.2, 0.25) is 5.02 Å². The van der Waals surface area contributed by atoms with Crippen LogP contribution in [0.4, 0.5) is 5.82 Å². The van der Waals surface area contributed by atoms with Crippen molar-refractivity contribution in [3.8, 4) is 16.9 Å². The van der Waals surface area contributed by atoms with Gasteiger partial charge >= 0.3 is 5.69 Å². The van der Waals surface area contributed by atoms with Gasteiger partial charge in [-0.1, -0.05) is 82.7 Å². The molecule has 1 fully saturated rings. The molecule has 1 saturated heterocycles. The van der Waals surface area contributed by atoms with E-state index >= 15 is 0 Å². The number of carbonyl (C=O) groups excluding carboxylic acids is 1. The molecule has 0 bridgehead atoms. The number of aromatic nitrogens is 4. The molecule has 0 saturated carbocycles. The van der Waals surface area contributed by atoms with Crippen molar-refractivity contribution in [2.24, 2.45) is 0 Å². The first-order chi connectivity index (χ1) is 21.4. The Morgan fingerprint density at radius 2 is 1.91 bits per heavy atom. The molecule has 1 amide bonds. The van der Waals surface area contributed by atoms with E-state index in [9.17, 15) is 9.59 Å². The van der Waals surface area contributed by atoms with E-state index < -0.39 is 5.69 Å². The van der Waals surface area contributed by atoms with Crippen LogP contribution in [-0.4, -0.2) is 56.0 Å². The van der Waals surface area contributed by atoms with E-state index in [0.29, 0.717) is 64.0 Å². The van der Waals surface area contributed by atoms with E-state index in [-0.39, 0.29) is 30.3 Å². The van der Waals surface area contributed by atoms with E-state index in [1.54, 1.807) is 27.8 Å². The number of nitrogens with zero attached hydrogens (tertiary/aromatic N) is 6. The molecule has 4 aromatic rings. The summed E-state index contributed by atoms with van der Waals surface area (Å²) in [6, 6.07) is 10.9. The summed E-state index contributed by atoms with van der Waals surface area (Å²) in [5.74, 6) is 0.377. The second-order valence-corrected chi connectivity index (χ2v) is 11.9. The van der Waals surface area contributed by atoms with Crippen molar-refractivity contribution >= 4 is 40.4 Å². The number of anilines is 1. The van der Waals surface area contributed by atoms with Crippen molar-refractivity contribution in [2.45, 2.75) is 52.5 Å². The summed E-state index contributed by atoms with van der Waals surface area (Å²) in [5, 5.41) is 0.919. The highest BCUT2D eigenvalue weighted by Crippen LogP contribution is 2.37. The number of hydrogen-bond donors (Lipinski definition) is 0. The zero-order chi connectivity index (χ0) is 32.6. The molecular weight excluding hydrogens is 560 g/mol. The van der Waals surface area contributed by atoms with Crippen LogP contribution in [0.15, 0.2) is 66.6 Å². The largest absolute Gasteiger partial charge is 0.355 e. The monoisotopic (exact) mass is 598 g/mol. The van der Waals surface area contributed by atoms with Crippen LogP contribution in [0, 0.1) is 0 Å². The highest BCUT2D eigenvalue weighted by molar-refractivity contribution is 6.34. The Morgan fingerprint density at radius 3 is 2.58 bits per heavy atom. The summed E-state index contributed by atoms with van der Waals surface area (Å²) in [5.41, 5.74) is 3.86. The summed E-state index contributed by atoms with van der Waals surface area (Å²) in [6.07, 6.45) is 4.52. The number of piperazine rings is 1. The number of amides is 1. The highest BCUT2D eigenvalue weighted by Gasteiger charge is 2.31. The fourth-order valence-corrected chi connectivity index (χ4v) is 6.03. The second-order valence-electron chi connectivity index (χ2n) is 11.4. The summed E-state index contributed by atoms with van der Waals surface area (Å²) >= 11 is 6.99. The minimum Gasteiger partial charge on any atom is -0.350 e. The SMILES string of the molecule is [2H]C([2H])=Cc1ccccc1-c1nc2c(cc1Cl)c(N1CCN(C(=O)C=C)C[C@@H]1C)nc(=O)n2-c1c(C(C)C)ccnc1C(C)C. The lowest BCUT2D eigenvalue weighted by atomic mass is 9.97. The van der Waals surface area contributed by atoms with Gasteiger partial charge in [-0.15, -0.1) is 0 Å². The number of halogens is 1. The number of benzene rings is 1. The van der Waals surface area contributed by atoms with Crippen LogP contribution in [0.5, 0.6) is 0 Å². The van der Waals surface area contributed by atoms with Crippen molar-refractivity contribution in [1.82, 2.24) is 24.4 Å². The summed E-state index contributed by atoms with van der Waals surface area (Å²) in [6.45, 7) is 14.8. The van der Waals surface area contributed by atoms with Crippen LogP contribution in [0.25, 0.3) is 34.1 Å². The molecule has 43 heavy (non-hydrogen) atoms. The summed E-state index contributed by atoms with van der Waals surface area (Å²) in [7, 11) is 0. The average Bonchev–Trinajstić information content (AvgIpc) is 3.00. The molecule has 0 N–H and O–H groups in total. The van der Waals surface area contributed by atoms with Crippen molar-refractivity contribution < 1.29 is 7.54 Å². The van der Waals surface area contributed by atoms with Crippen molar-refractivity contribution in [1.29, 1.82) is 0 Å². The Kier molecular flexibility index (Phi) is 7.77. The van der Waals surface area contributed by atoms with Crippen molar-refractivity contribution in [3.05, 3.63) is 94.1 Å². The third-order valence-corrected chi connectivity index (χ3v) is 8.22. The van der Waals surface area contributed by atoms with Gasteiger partial charge in [-0.3, -0.25) is 9.78 Å². The lowest BCUT2D eigenvalue weighted by molar-refractivity contribution is -0.126. The summed E-state index contributed by atoms with van der Waals surface area (Å²) < 4.78 is 17.1. The van der Waals surface area contributed by atoms with Gasteiger partial charge in [0.1, 0.15) is 5.82 Å².